The number of ether oxygens (including phenoxy) is 1. The Balaban J connectivity index is 2.08. The summed E-state index contributed by atoms with van der Waals surface area (Å²) in [7, 11) is 0. The second kappa shape index (κ2) is 7.43. The summed E-state index contributed by atoms with van der Waals surface area (Å²) >= 11 is 6.22. The van der Waals surface area contributed by atoms with Crippen LogP contribution in [0.3, 0.4) is 0 Å². The second-order valence-corrected chi connectivity index (χ2v) is 5.36. The van der Waals surface area contributed by atoms with E-state index in [9.17, 15) is 4.39 Å². The number of benzene rings is 2. The van der Waals surface area contributed by atoms with Gasteiger partial charge in [0, 0.05) is 12.6 Å². The summed E-state index contributed by atoms with van der Waals surface area (Å²) in [5.74, 6) is 0.681. The maximum atomic E-state index is 13.5. The van der Waals surface area contributed by atoms with Gasteiger partial charge in [0.15, 0.2) is 0 Å². The molecule has 0 aromatic heterocycles. The highest BCUT2D eigenvalue weighted by molar-refractivity contribution is 6.32. The lowest BCUT2D eigenvalue weighted by Crippen LogP contribution is -2.13. The van der Waals surface area contributed by atoms with Crippen LogP contribution in [0.5, 0.6) is 11.5 Å². The summed E-state index contributed by atoms with van der Waals surface area (Å²) in [5.41, 5.74) is 1.68. The summed E-state index contributed by atoms with van der Waals surface area (Å²) in [6, 6.07) is 10.4. The van der Waals surface area contributed by atoms with Crippen molar-refractivity contribution in [3.05, 3.63) is 58.4 Å². The summed E-state index contributed by atoms with van der Waals surface area (Å²) in [6.07, 6.45) is 1.09. The van der Waals surface area contributed by atoms with Crippen LogP contribution in [-0.2, 0) is 6.54 Å². The largest absolute Gasteiger partial charge is 0.456 e. The van der Waals surface area contributed by atoms with Gasteiger partial charge < -0.3 is 10.1 Å². The molecule has 4 heteroatoms. The Labute approximate surface area is 129 Å². The molecule has 0 spiro atoms. The van der Waals surface area contributed by atoms with E-state index in [0.717, 1.165) is 25.1 Å². The van der Waals surface area contributed by atoms with Crippen molar-refractivity contribution < 1.29 is 9.13 Å². The zero-order valence-electron chi connectivity index (χ0n) is 12.2. The molecule has 0 aliphatic carbocycles. The molecule has 1 N–H and O–H groups in total. The number of nitrogens with one attached hydrogen (secondary N) is 1. The smallest absolute Gasteiger partial charge is 0.146 e. The van der Waals surface area contributed by atoms with Crippen LogP contribution >= 0.6 is 11.6 Å². The van der Waals surface area contributed by atoms with Crippen LogP contribution in [0, 0.1) is 12.7 Å². The molecular formula is C17H19ClFNO. The summed E-state index contributed by atoms with van der Waals surface area (Å²) in [6.45, 7) is 5.58. The fourth-order valence-electron chi connectivity index (χ4n) is 1.91. The minimum atomic E-state index is -0.288. The molecule has 2 rings (SSSR count). The Hall–Kier alpha value is -1.58. The molecule has 0 bridgehead atoms. The van der Waals surface area contributed by atoms with Gasteiger partial charge in [-0.1, -0.05) is 30.7 Å². The molecule has 21 heavy (non-hydrogen) atoms. The van der Waals surface area contributed by atoms with Crippen LogP contribution in [0.1, 0.15) is 24.5 Å². The Bertz CT molecular complexity index is 616. The molecule has 0 atom stereocenters. The lowest BCUT2D eigenvalue weighted by Gasteiger charge is -2.10. The molecule has 2 aromatic carbocycles. The van der Waals surface area contributed by atoms with E-state index in [2.05, 4.69) is 12.2 Å². The van der Waals surface area contributed by atoms with Gasteiger partial charge in [0.1, 0.15) is 17.3 Å². The van der Waals surface area contributed by atoms with Gasteiger partial charge in [0.25, 0.3) is 0 Å². The van der Waals surface area contributed by atoms with Crippen molar-refractivity contribution in [1.29, 1.82) is 0 Å². The highest BCUT2D eigenvalue weighted by atomic mass is 35.5. The lowest BCUT2D eigenvalue weighted by atomic mass is 10.2. The van der Waals surface area contributed by atoms with Crippen LogP contribution < -0.4 is 10.1 Å². The number of hydrogen-bond acceptors (Lipinski definition) is 2. The summed E-state index contributed by atoms with van der Waals surface area (Å²) < 4.78 is 19.1. The van der Waals surface area contributed by atoms with Gasteiger partial charge >= 0.3 is 0 Å². The van der Waals surface area contributed by atoms with Crippen molar-refractivity contribution in [3.8, 4) is 11.5 Å². The Kier molecular flexibility index (Phi) is 5.59. The van der Waals surface area contributed by atoms with Crippen molar-refractivity contribution >= 4 is 11.6 Å². The van der Waals surface area contributed by atoms with Gasteiger partial charge in [-0.15, -0.1) is 0 Å². The van der Waals surface area contributed by atoms with E-state index in [1.165, 1.54) is 6.07 Å². The molecule has 112 valence electrons. The van der Waals surface area contributed by atoms with Crippen LogP contribution in [0.15, 0.2) is 36.4 Å². The number of aryl methyl sites for hydroxylation is 1. The van der Waals surface area contributed by atoms with Gasteiger partial charge in [0.05, 0.1) is 5.02 Å². The fraction of sp³-hybridized carbons (Fsp3) is 0.294. The molecule has 0 unspecified atom stereocenters. The molecule has 0 aliphatic rings. The molecule has 0 saturated carbocycles. The monoisotopic (exact) mass is 307 g/mol. The highest BCUT2D eigenvalue weighted by Crippen LogP contribution is 2.30. The fourth-order valence-corrected chi connectivity index (χ4v) is 2.15. The summed E-state index contributed by atoms with van der Waals surface area (Å²) in [4.78, 5) is 0. The lowest BCUT2D eigenvalue weighted by molar-refractivity contribution is 0.476. The molecule has 0 heterocycles. The molecule has 0 amide bonds. The first-order chi connectivity index (χ1) is 10.1. The third kappa shape index (κ3) is 4.45. The molecule has 0 fully saturated rings. The maximum Gasteiger partial charge on any atom is 0.146 e. The number of rotatable bonds is 6. The zero-order valence-corrected chi connectivity index (χ0v) is 13.0. The van der Waals surface area contributed by atoms with Gasteiger partial charge in [0.2, 0.25) is 0 Å². The predicted octanol–water partition coefficient (Wildman–Crippen LogP) is 5.08. The van der Waals surface area contributed by atoms with Crippen molar-refractivity contribution in [3.63, 3.8) is 0 Å². The van der Waals surface area contributed by atoms with E-state index < -0.39 is 0 Å². The molecule has 0 aliphatic heterocycles. The number of halogens is 2. The van der Waals surface area contributed by atoms with Crippen molar-refractivity contribution in [2.75, 3.05) is 6.54 Å². The maximum absolute atomic E-state index is 13.5. The molecular weight excluding hydrogens is 289 g/mol. The average Bonchev–Trinajstić information content (AvgIpc) is 2.46. The Morgan fingerprint density at radius 2 is 2.00 bits per heavy atom. The van der Waals surface area contributed by atoms with Crippen molar-refractivity contribution in [2.45, 2.75) is 26.8 Å². The zero-order chi connectivity index (χ0) is 15.2. The first-order valence-electron chi connectivity index (χ1n) is 7.03. The average molecular weight is 308 g/mol. The Morgan fingerprint density at radius 3 is 2.67 bits per heavy atom. The Morgan fingerprint density at radius 1 is 1.19 bits per heavy atom. The normalized spacial score (nSPS) is 10.7. The van der Waals surface area contributed by atoms with Crippen LogP contribution in [-0.4, -0.2) is 6.54 Å². The highest BCUT2D eigenvalue weighted by Gasteiger charge is 2.06. The van der Waals surface area contributed by atoms with E-state index in [0.29, 0.717) is 22.1 Å². The van der Waals surface area contributed by atoms with Gasteiger partial charge in [-0.2, -0.15) is 0 Å². The minimum absolute atomic E-state index is 0.288. The molecule has 2 aromatic rings. The molecule has 2 nitrogen and oxygen atoms in total. The van der Waals surface area contributed by atoms with Crippen molar-refractivity contribution in [2.24, 2.45) is 0 Å². The third-order valence-electron chi connectivity index (χ3n) is 3.12. The third-order valence-corrected chi connectivity index (χ3v) is 3.42. The van der Waals surface area contributed by atoms with Crippen molar-refractivity contribution in [1.82, 2.24) is 5.32 Å². The minimum Gasteiger partial charge on any atom is -0.456 e. The van der Waals surface area contributed by atoms with Crippen LogP contribution in [0.25, 0.3) is 0 Å². The molecule has 0 saturated heterocycles. The van der Waals surface area contributed by atoms with E-state index in [-0.39, 0.29) is 5.82 Å². The van der Waals surface area contributed by atoms with E-state index in [1.807, 2.05) is 18.2 Å². The topological polar surface area (TPSA) is 21.3 Å². The second-order valence-electron chi connectivity index (χ2n) is 4.95. The van der Waals surface area contributed by atoms with E-state index in [4.69, 9.17) is 16.3 Å². The first-order valence-corrected chi connectivity index (χ1v) is 7.41. The quantitative estimate of drug-likeness (QED) is 0.751. The molecule has 0 radical (unpaired) electrons. The van der Waals surface area contributed by atoms with Gasteiger partial charge in [-0.05, 0) is 49.2 Å². The predicted molar refractivity (Wildman–Crippen MR) is 84.7 cm³/mol. The summed E-state index contributed by atoms with van der Waals surface area (Å²) in [5, 5.41) is 3.83. The van der Waals surface area contributed by atoms with Gasteiger partial charge in [-0.3, -0.25) is 0 Å². The SMILES string of the molecule is CCCNCc1ccc(Oc2ccc(C)c(F)c2)c(Cl)c1. The van der Waals surface area contributed by atoms with Gasteiger partial charge in [-0.25, -0.2) is 4.39 Å². The van der Waals surface area contributed by atoms with Crippen LogP contribution in [0.4, 0.5) is 4.39 Å². The first kappa shape index (κ1) is 15.8. The standard InChI is InChI=1S/C17H19ClFNO/c1-3-8-20-11-13-5-7-17(15(18)9-13)21-14-6-4-12(2)16(19)10-14/h4-7,9-10,20H,3,8,11H2,1-2H3. The number of hydrogen-bond donors (Lipinski definition) is 1. The van der Waals surface area contributed by atoms with E-state index in [1.54, 1.807) is 19.1 Å². The van der Waals surface area contributed by atoms with Crippen LogP contribution in [0.2, 0.25) is 5.02 Å². The van der Waals surface area contributed by atoms with E-state index >= 15 is 0 Å².